The fourth-order valence-corrected chi connectivity index (χ4v) is 0.326. The van der Waals surface area contributed by atoms with Gasteiger partial charge in [0.25, 0.3) is 0 Å². The number of hydrogen-bond acceptors (Lipinski definition) is 3. The zero-order chi connectivity index (χ0) is 10.0. The molecule has 9 nitrogen and oxygen atoms in total. The van der Waals surface area contributed by atoms with Crippen LogP contribution in [0.15, 0.2) is 9.04 Å². The summed E-state index contributed by atoms with van der Waals surface area (Å²) < 4.78 is 24.3. The summed E-state index contributed by atoms with van der Waals surface area (Å²) in [5.74, 6) is 0. The van der Waals surface area contributed by atoms with E-state index in [-0.39, 0.29) is 0 Å². The van der Waals surface area contributed by atoms with Crippen molar-refractivity contribution in [2.75, 3.05) is 0 Å². The molecule has 0 spiro atoms. The third-order valence-corrected chi connectivity index (χ3v) is 0.838. The lowest BCUT2D eigenvalue weighted by atomic mass is 11.8. The molecule has 0 aromatic heterocycles. The molecule has 0 radical (unpaired) electrons. The van der Waals surface area contributed by atoms with Crippen LogP contribution in [0.2, 0.25) is 0 Å². The van der Waals surface area contributed by atoms with Crippen molar-refractivity contribution < 1.29 is 13.2 Å². The van der Waals surface area contributed by atoms with Gasteiger partial charge in [0.2, 0.25) is 0 Å². The molecule has 11 heteroatoms. The number of hydrogen-bond donors (Lipinski definition) is 1. The molecule has 0 saturated heterocycles. The number of thiol groups is 1. The second kappa shape index (κ2) is 7.69. The fourth-order valence-electron chi connectivity index (χ4n) is 0.109. The van der Waals surface area contributed by atoms with Crippen LogP contribution in [0.1, 0.15) is 0 Å². The van der Waals surface area contributed by atoms with Gasteiger partial charge in [-0.25, -0.2) is 8.42 Å². The molecule has 0 atom stereocenters. The first-order valence-electron chi connectivity index (χ1n) is 1.99. The van der Waals surface area contributed by atoms with Crippen molar-refractivity contribution in [1.82, 2.24) is 0 Å². The van der Waals surface area contributed by atoms with E-state index in [4.69, 9.17) is 15.9 Å². The zero-order valence-corrected chi connectivity index (χ0v) is 7.05. The highest BCUT2D eigenvalue weighted by molar-refractivity contribution is 7.94. The molecule has 66 valence electrons. The van der Waals surface area contributed by atoms with Crippen molar-refractivity contribution >= 4 is 28.5 Å². The zero-order valence-electron chi connectivity index (χ0n) is 5.34. The molecule has 0 bridgehead atoms. The van der Waals surface area contributed by atoms with Crippen LogP contribution in [0, 0.1) is 0 Å². The highest BCUT2D eigenvalue weighted by Crippen LogP contribution is 1.92. The van der Waals surface area contributed by atoms with Gasteiger partial charge in [-0.15, -0.1) is 12.6 Å². The predicted molar refractivity (Wildman–Crippen MR) is 42.9 cm³/mol. The number of carbonyl (C=O) groups excluding carboxylic acids is 1. The highest BCUT2D eigenvalue weighted by atomic mass is 32.2. The maximum Gasteiger partial charge on any atom is 0.321 e. The summed E-state index contributed by atoms with van der Waals surface area (Å²) >= 11 is 3.11. The SMILES string of the molecule is O=CS.[N-]=[N+]=NS(=O)(=O)N=[N+]=[N-]. The van der Waals surface area contributed by atoms with Crippen molar-refractivity contribution in [3.63, 3.8) is 0 Å². The van der Waals surface area contributed by atoms with E-state index < -0.39 is 10.2 Å². The predicted octanol–water partition coefficient (Wildman–Crippen LogP) is 0.958. The maximum absolute atomic E-state index is 9.99. The smallest absolute Gasteiger partial charge is 0.291 e. The molecule has 0 amide bonds. The Labute approximate surface area is 72.2 Å². The molecule has 0 saturated carbocycles. The van der Waals surface area contributed by atoms with Crippen molar-refractivity contribution in [3.8, 4) is 0 Å². The minimum Gasteiger partial charge on any atom is -0.291 e. The van der Waals surface area contributed by atoms with Crippen LogP contribution in [0.25, 0.3) is 20.9 Å². The van der Waals surface area contributed by atoms with E-state index in [1.807, 2.05) is 9.82 Å². The molecular weight excluding hydrogens is 208 g/mol. The first kappa shape index (κ1) is 13.2. The van der Waals surface area contributed by atoms with Crippen LogP contribution >= 0.6 is 12.6 Å². The summed E-state index contributed by atoms with van der Waals surface area (Å²) in [6, 6.07) is 0. The topological polar surface area (TPSA) is 149 Å². The fraction of sp³-hybridized carbons (Fsp3) is 0. The van der Waals surface area contributed by atoms with Gasteiger partial charge in [-0.1, -0.05) is 0 Å². The van der Waals surface area contributed by atoms with Gasteiger partial charge >= 0.3 is 10.2 Å². The maximum atomic E-state index is 9.99. The van der Waals surface area contributed by atoms with Gasteiger partial charge in [0.1, 0.15) is 0 Å². The molecule has 12 heavy (non-hydrogen) atoms. The molecule has 0 aromatic carbocycles. The Morgan fingerprint density at radius 3 is 1.67 bits per heavy atom. The second-order valence-corrected chi connectivity index (χ2v) is 2.33. The Kier molecular flexibility index (Phi) is 8.46. The molecule has 0 aromatic rings. The average molecular weight is 210 g/mol. The van der Waals surface area contributed by atoms with Gasteiger partial charge in [-0.2, -0.15) is 0 Å². The van der Waals surface area contributed by atoms with E-state index in [2.05, 4.69) is 21.7 Å². The summed E-state index contributed by atoms with van der Waals surface area (Å²) in [7, 11) is -4.27. The standard InChI is InChI=1S/CH2OS.N6O2S/c2-1-3;1-3-5-9(7,8)6-4-2/h1H,(H,2,3);. The average Bonchev–Trinajstić information content (AvgIpc) is 1.88. The number of carbonyl (C=O) groups is 1. The van der Waals surface area contributed by atoms with Gasteiger partial charge in [-0.05, 0) is 11.1 Å². The minimum absolute atomic E-state index is 0.444. The Bertz CT molecular complexity index is 295. The van der Waals surface area contributed by atoms with E-state index in [1.54, 1.807) is 0 Å². The Morgan fingerprint density at radius 2 is 1.50 bits per heavy atom. The summed E-state index contributed by atoms with van der Waals surface area (Å²) in [6.07, 6.45) is 0. The van der Waals surface area contributed by atoms with Gasteiger partial charge in [0.15, 0.2) is 5.62 Å². The monoisotopic (exact) mass is 210 g/mol. The number of rotatable bonds is 2. The van der Waals surface area contributed by atoms with Crippen molar-refractivity contribution in [1.29, 1.82) is 0 Å². The number of nitrogens with zero attached hydrogens (tertiary/aromatic N) is 6. The Hall–Kier alpha value is -1.41. The lowest BCUT2D eigenvalue weighted by Crippen LogP contribution is -1.82. The minimum atomic E-state index is -4.27. The normalized spacial score (nSPS) is 7.75. The van der Waals surface area contributed by atoms with Crippen LogP contribution in [0.4, 0.5) is 0 Å². The molecule has 0 unspecified atom stereocenters. The molecule has 0 rings (SSSR count). The van der Waals surface area contributed by atoms with Crippen LogP contribution in [0.3, 0.4) is 0 Å². The van der Waals surface area contributed by atoms with E-state index in [0.717, 1.165) is 0 Å². The first-order chi connectivity index (χ1) is 5.54. The van der Waals surface area contributed by atoms with Crippen molar-refractivity contribution in [2.45, 2.75) is 0 Å². The molecular formula is CH2N6O3S2. The third kappa shape index (κ3) is 11.4. The second-order valence-electron chi connectivity index (χ2n) is 0.895. The van der Waals surface area contributed by atoms with Gasteiger partial charge in [0.05, 0.1) is 0 Å². The summed E-state index contributed by atoms with van der Waals surface area (Å²) in [5.41, 5.74) is 15.5. The van der Waals surface area contributed by atoms with Gasteiger partial charge < -0.3 is 0 Å². The van der Waals surface area contributed by atoms with E-state index in [9.17, 15) is 8.42 Å². The summed E-state index contributed by atoms with van der Waals surface area (Å²) in [4.78, 5) is 12.5. The van der Waals surface area contributed by atoms with Crippen molar-refractivity contribution in [2.24, 2.45) is 9.04 Å². The highest BCUT2D eigenvalue weighted by Gasteiger charge is 1.99. The Balaban J connectivity index is 0. The van der Waals surface area contributed by atoms with Gasteiger partial charge in [-0.3, -0.25) is 4.79 Å². The van der Waals surface area contributed by atoms with Crippen LogP contribution in [-0.2, 0) is 15.0 Å². The quantitative estimate of drug-likeness (QED) is 0.237. The van der Waals surface area contributed by atoms with Crippen LogP contribution in [-0.4, -0.2) is 14.0 Å². The Morgan fingerprint density at radius 1 is 1.25 bits per heavy atom. The van der Waals surface area contributed by atoms with Crippen molar-refractivity contribution in [3.05, 3.63) is 20.9 Å². The molecule has 0 heterocycles. The third-order valence-electron chi connectivity index (χ3n) is 0.279. The lowest BCUT2D eigenvalue weighted by Gasteiger charge is -1.73. The summed E-state index contributed by atoms with van der Waals surface area (Å²) in [6.45, 7) is 0. The molecule has 0 N–H and O–H groups in total. The number of azide groups is 1. The van der Waals surface area contributed by atoms with Crippen LogP contribution < -0.4 is 0 Å². The van der Waals surface area contributed by atoms with Crippen LogP contribution in [0.5, 0.6) is 0 Å². The first-order valence-corrected chi connectivity index (χ1v) is 3.91. The largest absolute Gasteiger partial charge is 0.321 e. The van der Waals surface area contributed by atoms with Gasteiger partial charge in [0, 0.05) is 18.9 Å². The molecule has 0 fully saturated rings. The van der Waals surface area contributed by atoms with E-state index >= 15 is 0 Å². The van der Waals surface area contributed by atoms with E-state index in [0.29, 0.717) is 5.62 Å². The molecule has 0 aliphatic rings. The molecule has 0 aliphatic carbocycles. The lowest BCUT2D eigenvalue weighted by molar-refractivity contribution is 0.570. The summed E-state index contributed by atoms with van der Waals surface area (Å²) in [5, 5.41) is 0. The molecule has 0 aliphatic heterocycles. The van der Waals surface area contributed by atoms with E-state index in [1.165, 1.54) is 0 Å².